The molecule has 0 amide bonds. The molecule has 2 fully saturated rings. The Balaban J connectivity index is 1.55. The third-order valence-corrected chi connectivity index (χ3v) is 9.48. The number of unbranched alkanes of at least 4 members (excludes halogenated alkanes) is 1. The van der Waals surface area contributed by atoms with Crippen LogP contribution in [0.4, 0.5) is 4.39 Å². The van der Waals surface area contributed by atoms with Gasteiger partial charge in [0.2, 0.25) is 0 Å². The summed E-state index contributed by atoms with van der Waals surface area (Å²) < 4.78 is 51.2. The first-order chi connectivity index (χ1) is 14.4. The predicted octanol–water partition coefficient (Wildman–Crippen LogP) is 3.66. The SMILES string of the molecule is CC(C)(C)SSCCCCOP1(=O)OC[C@H]2O[C@@H](n3ccc(=O)[nH]c3=O)[C@](C)(F)[C@@H]2O1. The Morgan fingerprint density at radius 1 is 1.39 bits per heavy atom. The summed E-state index contributed by atoms with van der Waals surface area (Å²) in [5, 5.41) is 0. The van der Waals surface area contributed by atoms with Gasteiger partial charge in [0.15, 0.2) is 11.9 Å². The van der Waals surface area contributed by atoms with Crippen molar-refractivity contribution in [3.8, 4) is 0 Å². The van der Waals surface area contributed by atoms with Crippen LogP contribution in [0.1, 0.15) is 46.8 Å². The van der Waals surface area contributed by atoms with Gasteiger partial charge in [0, 0.05) is 22.8 Å². The summed E-state index contributed by atoms with van der Waals surface area (Å²) in [6.07, 6.45) is -0.847. The van der Waals surface area contributed by atoms with Gasteiger partial charge in [0.25, 0.3) is 5.56 Å². The molecule has 1 aromatic heterocycles. The van der Waals surface area contributed by atoms with E-state index in [1.807, 2.05) is 0 Å². The van der Waals surface area contributed by atoms with Crippen LogP contribution in [0.2, 0.25) is 0 Å². The maximum atomic E-state index is 15.6. The minimum atomic E-state index is -3.96. The molecule has 2 aliphatic rings. The number of hydrogen-bond donors (Lipinski definition) is 1. The number of halogens is 1. The van der Waals surface area contributed by atoms with Crippen molar-refractivity contribution in [1.29, 1.82) is 0 Å². The monoisotopic (exact) mass is 498 g/mol. The molecular formula is C18H28FN2O7PS2. The third kappa shape index (κ3) is 6.25. The number of phosphoric ester groups is 1. The second-order valence-corrected chi connectivity index (χ2v) is 13.4. The van der Waals surface area contributed by atoms with Gasteiger partial charge in [-0.1, -0.05) is 42.4 Å². The zero-order chi connectivity index (χ0) is 22.9. The highest BCUT2D eigenvalue weighted by atomic mass is 33.1. The quantitative estimate of drug-likeness (QED) is 0.326. The summed E-state index contributed by atoms with van der Waals surface area (Å²) in [5.41, 5.74) is -3.64. The molecule has 0 saturated carbocycles. The van der Waals surface area contributed by atoms with Gasteiger partial charge in [-0.05, 0) is 19.8 Å². The Morgan fingerprint density at radius 2 is 2.13 bits per heavy atom. The molecule has 2 aliphatic heterocycles. The van der Waals surface area contributed by atoms with Crippen LogP contribution in [0.25, 0.3) is 0 Å². The smallest absolute Gasteiger partial charge is 0.346 e. The lowest BCUT2D eigenvalue weighted by Crippen LogP contribution is -2.46. The Kier molecular flexibility index (Phi) is 7.83. The van der Waals surface area contributed by atoms with E-state index in [4.69, 9.17) is 18.3 Å². The number of aromatic amines is 1. The van der Waals surface area contributed by atoms with E-state index < -0.39 is 43.2 Å². The average Bonchev–Trinajstić information content (AvgIpc) is 2.90. The van der Waals surface area contributed by atoms with E-state index in [0.717, 1.165) is 29.0 Å². The van der Waals surface area contributed by atoms with Crippen molar-refractivity contribution in [3.63, 3.8) is 0 Å². The van der Waals surface area contributed by atoms with E-state index in [0.29, 0.717) is 6.42 Å². The van der Waals surface area contributed by atoms with Gasteiger partial charge in [-0.3, -0.25) is 27.9 Å². The first kappa shape index (κ1) is 25.0. The lowest BCUT2D eigenvalue weighted by molar-refractivity contribution is -0.0726. The first-order valence-electron chi connectivity index (χ1n) is 9.95. The Hall–Kier alpha value is -0.620. The lowest BCUT2D eigenvalue weighted by Gasteiger charge is -2.33. The van der Waals surface area contributed by atoms with Crippen LogP contribution in [0.3, 0.4) is 0 Å². The van der Waals surface area contributed by atoms with Gasteiger partial charge in [-0.15, -0.1) is 0 Å². The number of rotatable bonds is 8. The molecule has 3 heterocycles. The number of aromatic nitrogens is 2. The maximum Gasteiger partial charge on any atom is 0.475 e. The van der Waals surface area contributed by atoms with Crippen LogP contribution in [-0.4, -0.2) is 51.1 Å². The highest BCUT2D eigenvalue weighted by Gasteiger charge is 2.61. The molecule has 0 radical (unpaired) electrons. The van der Waals surface area contributed by atoms with E-state index in [-0.39, 0.29) is 18.0 Å². The zero-order valence-electron chi connectivity index (χ0n) is 17.9. The predicted molar refractivity (Wildman–Crippen MR) is 118 cm³/mol. The highest BCUT2D eigenvalue weighted by Crippen LogP contribution is 2.59. The van der Waals surface area contributed by atoms with Crippen molar-refractivity contribution < 1.29 is 27.3 Å². The molecule has 13 heteroatoms. The summed E-state index contributed by atoms with van der Waals surface area (Å²) in [7, 11) is -0.388. The molecule has 2 saturated heterocycles. The zero-order valence-corrected chi connectivity index (χ0v) is 20.4. The second kappa shape index (κ2) is 9.70. The van der Waals surface area contributed by atoms with Gasteiger partial charge in [0.1, 0.15) is 12.2 Å². The van der Waals surface area contributed by atoms with Crippen LogP contribution < -0.4 is 11.2 Å². The van der Waals surface area contributed by atoms with E-state index in [1.54, 1.807) is 21.6 Å². The molecule has 1 aromatic rings. The van der Waals surface area contributed by atoms with Gasteiger partial charge in [-0.25, -0.2) is 13.8 Å². The van der Waals surface area contributed by atoms with E-state index in [1.165, 1.54) is 6.92 Å². The number of alkyl halides is 1. The second-order valence-electron chi connectivity index (χ2n) is 8.52. The van der Waals surface area contributed by atoms with E-state index in [2.05, 4.69) is 25.8 Å². The summed E-state index contributed by atoms with van der Waals surface area (Å²) in [4.78, 5) is 25.4. The topological polar surface area (TPSA) is 109 Å². The number of H-pyrrole nitrogens is 1. The fraction of sp³-hybridized carbons (Fsp3) is 0.778. The average molecular weight is 499 g/mol. The lowest BCUT2D eigenvalue weighted by atomic mass is 9.98. The van der Waals surface area contributed by atoms with Crippen LogP contribution in [-0.2, 0) is 22.9 Å². The number of hydrogen-bond acceptors (Lipinski definition) is 9. The molecule has 1 N–H and O–H groups in total. The molecule has 5 atom stereocenters. The number of phosphoric acid groups is 1. The normalized spacial score (nSPS) is 33.4. The molecule has 1 unspecified atom stereocenters. The first-order valence-corrected chi connectivity index (χ1v) is 13.7. The van der Waals surface area contributed by atoms with Crippen LogP contribution >= 0.6 is 29.4 Å². The van der Waals surface area contributed by atoms with Crippen LogP contribution in [0.15, 0.2) is 21.9 Å². The van der Waals surface area contributed by atoms with Crippen LogP contribution in [0.5, 0.6) is 0 Å². The van der Waals surface area contributed by atoms with Gasteiger partial charge in [0.05, 0.1) is 13.2 Å². The van der Waals surface area contributed by atoms with E-state index in [9.17, 15) is 14.2 Å². The standard InChI is InChI=1S/C18H28FN2O7PS2/c1-17(2,3)31-30-10-6-5-9-25-29(24)26-11-12-14(28-29)18(4,19)15(27-12)21-8-7-13(22)20-16(21)23/h7-8,12,14-15H,5-6,9-11H2,1-4H3,(H,20,22,23)/t12-,14-,15-,18-,29?/m1/s1. The molecule has 0 spiro atoms. The minimum absolute atomic E-state index is 0.155. The molecule has 0 aromatic carbocycles. The Labute approximate surface area is 187 Å². The molecule has 9 nitrogen and oxygen atoms in total. The molecule has 0 bridgehead atoms. The fourth-order valence-electron chi connectivity index (χ4n) is 3.18. The molecular weight excluding hydrogens is 470 g/mol. The molecule has 31 heavy (non-hydrogen) atoms. The van der Waals surface area contributed by atoms with Crippen LogP contribution in [0, 0.1) is 0 Å². The number of ether oxygens (including phenoxy) is 1. The number of nitrogens with zero attached hydrogens (tertiary/aromatic N) is 1. The highest BCUT2D eigenvalue weighted by molar-refractivity contribution is 8.77. The largest absolute Gasteiger partial charge is 0.475 e. The van der Waals surface area contributed by atoms with Gasteiger partial charge in [-0.2, -0.15) is 0 Å². The van der Waals surface area contributed by atoms with Crippen molar-refractivity contribution in [3.05, 3.63) is 33.1 Å². The molecule has 3 rings (SSSR count). The summed E-state index contributed by atoms with van der Waals surface area (Å²) in [5.74, 6) is 0.925. The molecule has 0 aliphatic carbocycles. The summed E-state index contributed by atoms with van der Waals surface area (Å²) >= 11 is 0. The fourth-order valence-corrected chi connectivity index (χ4v) is 7.10. The Morgan fingerprint density at radius 3 is 2.81 bits per heavy atom. The third-order valence-electron chi connectivity index (χ3n) is 4.60. The maximum absolute atomic E-state index is 15.6. The van der Waals surface area contributed by atoms with Crippen molar-refractivity contribution in [1.82, 2.24) is 9.55 Å². The summed E-state index contributed by atoms with van der Waals surface area (Å²) in [6, 6.07) is 1.09. The van der Waals surface area contributed by atoms with Crippen molar-refractivity contribution >= 4 is 29.4 Å². The van der Waals surface area contributed by atoms with E-state index >= 15 is 4.39 Å². The Bertz CT molecular complexity index is 932. The summed E-state index contributed by atoms with van der Waals surface area (Å²) in [6.45, 7) is 7.59. The van der Waals surface area contributed by atoms with Gasteiger partial charge < -0.3 is 4.74 Å². The minimum Gasteiger partial charge on any atom is -0.346 e. The number of nitrogens with one attached hydrogen (secondary N) is 1. The van der Waals surface area contributed by atoms with Crippen molar-refractivity contribution in [2.24, 2.45) is 0 Å². The van der Waals surface area contributed by atoms with Gasteiger partial charge >= 0.3 is 13.5 Å². The van der Waals surface area contributed by atoms with Crippen molar-refractivity contribution in [2.75, 3.05) is 19.0 Å². The molecule has 176 valence electrons. The van der Waals surface area contributed by atoms with Crippen molar-refractivity contribution in [2.45, 2.75) is 69.4 Å². The number of fused-ring (bicyclic) bond motifs is 1.